The Morgan fingerprint density at radius 1 is 1.28 bits per heavy atom. The lowest BCUT2D eigenvalue weighted by atomic mass is 10.2. The number of rotatable bonds is 8. The Hall–Kier alpha value is -1.75. The molecule has 0 heterocycles. The van der Waals surface area contributed by atoms with Crippen molar-refractivity contribution in [2.75, 3.05) is 26.1 Å². The zero-order chi connectivity index (χ0) is 13.4. The number of nitrogens with two attached hydrogens (primary N) is 1. The summed E-state index contributed by atoms with van der Waals surface area (Å²) in [6.07, 6.45) is 3.20. The standard InChI is InChI=1S/C13H19NO4/c1-17-12-7-10(9-16)11(14)8-13(12)18-6-4-2-3-5-15/h7-9,15H,2-6,14H2,1H3. The number of anilines is 1. The minimum atomic E-state index is 0.199. The number of ether oxygens (including phenoxy) is 2. The Labute approximate surface area is 107 Å². The van der Waals surface area contributed by atoms with Gasteiger partial charge in [-0.25, -0.2) is 0 Å². The molecule has 0 aliphatic heterocycles. The summed E-state index contributed by atoms with van der Waals surface area (Å²) in [6, 6.07) is 3.15. The average molecular weight is 253 g/mol. The van der Waals surface area contributed by atoms with Gasteiger partial charge in [0.1, 0.15) is 0 Å². The molecular formula is C13H19NO4. The van der Waals surface area contributed by atoms with Gasteiger partial charge in [-0.1, -0.05) is 0 Å². The fourth-order valence-corrected chi connectivity index (χ4v) is 1.54. The summed E-state index contributed by atoms with van der Waals surface area (Å²) in [4.78, 5) is 10.7. The van der Waals surface area contributed by atoms with E-state index in [0.29, 0.717) is 35.6 Å². The fraction of sp³-hybridized carbons (Fsp3) is 0.462. The molecule has 100 valence electrons. The van der Waals surface area contributed by atoms with E-state index in [-0.39, 0.29) is 6.61 Å². The molecule has 0 amide bonds. The quantitative estimate of drug-likeness (QED) is 0.418. The molecule has 18 heavy (non-hydrogen) atoms. The first kappa shape index (κ1) is 14.3. The molecule has 1 rings (SSSR count). The van der Waals surface area contributed by atoms with Crippen LogP contribution in [-0.2, 0) is 0 Å². The van der Waals surface area contributed by atoms with Gasteiger partial charge in [-0.05, 0) is 25.3 Å². The zero-order valence-electron chi connectivity index (χ0n) is 10.5. The predicted octanol–water partition coefficient (Wildman–Crippen LogP) is 1.63. The average Bonchev–Trinajstić information content (AvgIpc) is 2.38. The van der Waals surface area contributed by atoms with Gasteiger partial charge in [0.25, 0.3) is 0 Å². The van der Waals surface area contributed by atoms with Crippen LogP contribution in [0, 0.1) is 0 Å². The molecule has 0 aliphatic carbocycles. The summed E-state index contributed by atoms with van der Waals surface area (Å²) in [6.45, 7) is 0.723. The van der Waals surface area contributed by atoms with Crippen molar-refractivity contribution < 1.29 is 19.4 Å². The smallest absolute Gasteiger partial charge is 0.163 e. The van der Waals surface area contributed by atoms with Crippen molar-refractivity contribution in [3.63, 3.8) is 0 Å². The van der Waals surface area contributed by atoms with Gasteiger partial charge in [0.2, 0.25) is 0 Å². The minimum Gasteiger partial charge on any atom is -0.493 e. The number of carbonyl (C=O) groups excluding carboxylic acids is 1. The number of aliphatic hydroxyl groups excluding tert-OH is 1. The van der Waals surface area contributed by atoms with Gasteiger partial charge in [-0.2, -0.15) is 0 Å². The van der Waals surface area contributed by atoms with Crippen molar-refractivity contribution in [3.05, 3.63) is 17.7 Å². The number of aliphatic hydroxyl groups is 1. The summed E-state index contributed by atoms with van der Waals surface area (Å²) in [5, 5.41) is 8.65. The van der Waals surface area contributed by atoms with Crippen LogP contribution in [-0.4, -0.2) is 31.7 Å². The second-order valence-corrected chi connectivity index (χ2v) is 3.88. The Morgan fingerprint density at radius 3 is 2.67 bits per heavy atom. The lowest BCUT2D eigenvalue weighted by Gasteiger charge is -2.12. The molecule has 0 aromatic heterocycles. The van der Waals surface area contributed by atoms with Crippen LogP contribution in [0.4, 0.5) is 5.69 Å². The molecule has 5 nitrogen and oxygen atoms in total. The number of hydrogen-bond donors (Lipinski definition) is 2. The molecule has 0 saturated carbocycles. The lowest BCUT2D eigenvalue weighted by molar-refractivity contribution is 0.112. The van der Waals surface area contributed by atoms with Crippen molar-refractivity contribution in [1.29, 1.82) is 0 Å². The van der Waals surface area contributed by atoms with Crippen LogP contribution >= 0.6 is 0 Å². The highest BCUT2D eigenvalue weighted by Gasteiger charge is 2.09. The van der Waals surface area contributed by atoms with E-state index in [1.54, 1.807) is 12.1 Å². The normalized spacial score (nSPS) is 10.1. The van der Waals surface area contributed by atoms with Gasteiger partial charge in [0.05, 0.1) is 13.7 Å². The first-order valence-corrected chi connectivity index (χ1v) is 5.89. The zero-order valence-corrected chi connectivity index (χ0v) is 10.5. The number of carbonyl (C=O) groups is 1. The van der Waals surface area contributed by atoms with Gasteiger partial charge in [-0.3, -0.25) is 4.79 Å². The van der Waals surface area contributed by atoms with E-state index >= 15 is 0 Å². The number of nitrogen functional groups attached to an aromatic ring is 1. The largest absolute Gasteiger partial charge is 0.493 e. The van der Waals surface area contributed by atoms with Crippen molar-refractivity contribution >= 4 is 12.0 Å². The van der Waals surface area contributed by atoms with Crippen molar-refractivity contribution in [2.45, 2.75) is 19.3 Å². The molecule has 0 saturated heterocycles. The topological polar surface area (TPSA) is 81.8 Å². The Morgan fingerprint density at radius 2 is 2.06 bits per heavy atom. The fourth-order valence-electron chi connectivity index (χ4n) is 1.54. The summed E-state index contributed by atoms with van der Waals surface area (Å²) in [5.74, 6) is 1.03. The van der Waals surface area contributed by atoms with Gasteiger partial charge >= 0.3 is 0 Å². The Balaban J connectivity index is 2.64. The van der Waals surface area contributed by atoms with Gasteiger partial charge in [0.15, 0.2) is 17.8 Å². The molecule has 5 heteroatoms. The Bertz CT molecular complexity index is 393. The number of unbranched alkanes of at least 4 members (excludes halogenated alkanes) is 2. The summed E-state index contributed by atoms with van der Waals surface area (Å²) >= 11 is 0. The van der Waals surface area contributed by atoms with E-state index in [2.05, 4.69) is 0 Å². The number of benzene rings is 1. The van der Waals surface area contributed by atoms with Crippen LogP contribution in [0.3, 0.4) is 0 Å². The maximum absolute atomic E-state index is 10.7. The maximum atomic E-state index is 10.7. The molecule has 0 atom stereocenters. The molecule has 1 aromatic rings. The van der Waals surface area contributed by atoms with E-state index in [0.717, 1.165) is 19.3 Å². The lowest BCUT2D eigenvalue weighted by Crippen LogP contribution is -2.02. The molecular weight excluding hydrogens is 234 g/mol. The highest BCUT2D eigenvalue weighted by atomic mass is 16.5. The number of methoxy groups -OCH3 is 1. The molecule has 1 aromatic carbocycles. The molecule has 0 radical (unpaired) electrons. The third-order valence-corrected chi connectivity index (χ3v) is 2.56. The highest BCUT2D eigenvalue weighted by molar-refractivity contribution is 5.85. The van der Waals surface area contributed by atoms with Crippen LogP contribution in [0.1, 0.15) is 29.6 Å². The van der Waals surface area contributed by atoms with Crippen molar-refractivity contribution in [2.24, 2.45) is 0 Å². The molecule has 0 aliphatic rings. The first-order chi connectivity index (χ1) is 8.72. The summed E-state index contributed by atoms with van der Waals surface area (Å²) in [7, 11) is 1.51. The van der Waals surface area contributed by atoms with E-state index in [1.165, 1.54) is 7.11 Å². The second-order valence-electron chi connectivity index (χ2n) is 3.88. The third-order valence-electron chi connectivity index (χ3n) is 2.56. The number of hydrogen-bond acceptors (Lipinski definition) is 5. The van der Waals surface area contributed by atoms with E-state index in [4.69, 9.17) is 20.3 Å². The van der Waals surface area contributed by atoms with E-state index < -0.39 is 0 Å². The monoisotopic (exact) mass is 253 g/mol. The Kier molecular flexibility index (Phi) is 6.00. The van der Waals surface area contributed by atoms with Crippen LogP contribution in [0.25, 0.3) is 0 Å². The first-order valence-electron chi connectivity index (χ1n) is 5.89. The molecule has 0 fully saturated rings. The number of aldehydes is 1. The third kappa shape index (κ3) is 3.92. The molecule has 0 bridgehead atoms. The van der Waals surface area contributed by atoms with Crippen LogP contribution < -0.4 is 15.2 Å². The van der Waals surface area contributed by atoms with Gasteiger partial charge in [-0.15, -0.1) is 0 Å². The molecule has 0 spiro atoms. The molecule has 0 unspecified atom stereocenters. The van der Waals surface area contributed by atoms with Crippen molar-refractivity contribution in [3.8, 4) is 11.5 Å². The predicted molar refractivity (Wildman–Crippen MR) is 69.2 cm³/mol. The minimum absolute atomic E-state index is 0.199. The van der Waals surface area contributed by atoms with Crippen LogP contribution in [0.2, 0.25) is 0 Å². The maximum Gasteiger partial charge on any atom is 0.163 e. The van der Waals surface area contributed by atoms with Gasteiger partial charge < -0.3 is 20.3 Å². The van der Waals surface area contributed by atoms with Crippen molar-refractivity contribution in [1.82, 2.24) is 0 Å². The summed E-state index contributed by atoms with van der Waals surface area (Å²) in [5.41, 5.74) is 6.47. The second kappa shape index (κ2) is 7.55. The van der Waals surface area contributed by atoms with Gasteiger partial charge in [0, 0.05) is 23.9 Å². The summed E-state index contributed by atoms with van der Waals surface area (Å²) < 4.78 is 10.7. The van der Waals surface area contributed by atoms with Crippen LogP contribution in [0.5, 0.6) is 11.5 Å². The van der Waals surface area contributed by atoms with E-state index in [1.807, 2.05) is 0 Å². The van der Waals surface area contributed by atoms with Crippen LogP contribution in [0.15, 0.2) is 12.1 Å². The van der Waals surface area contributed by atoms with E-state index in [9.17, 15) is 4.79 Å². The highest BCUT2D eigenvalue weighted by Crippen LogP contribution is 2.31. The molecule has 3 N–H and O–H groups in total. The SMILES string of the molecule is COc1cc(C=O)c(N)cc1OCCCCCO.